The summed E-state index contributed by atoms with van der Waals surface area (Å²) in [6, 6.07) is 6.48. The summed E-state index contributed by atoms with van der Waals surface area (Å²) in [5.74, 6) is -0.547. The molecule has 30 heavy (non-hydrogen) atoms. The maximum atomic E-state index is 13.3. The van der Waals surface area contributed by atoms with Crippen LogP contribution in [0.15, 0.2) is 24.3 Å². The van der Waals surface area contributed by atoms with Crippen molar-refractivity contribution in [1.29, 1.82) is 0 Å². The van der Waals surface area contributed by atoms with Gasteiger partial charge in [-0.15, -0.1) is 0 Å². The number of urea groups is 1. The third-order valence-corrected chi connectivity index (χ3v) is 6.83. The summed E-state index contributed by atoms with van der Waals surface area (Å²) in [5, 5.41) is 5.67. The molecule has 2 N–H and O–H groups in total. The van der Waals surface area contributed by atoms with Crippen molar-refractivity contribution in [1.82, 2.24) is 10.2 Å². The summed E-state index contributed by atoms with van der Waals surface area (Å²) < 4.78 is 0. The first-order valence-electron chi connectivity index (χ1n) is 10.6. The van der Waals surface area contributed by atoms with E-state index in [0.29, 0.717) is 30.1 Å². The molecule has 0 unspecified atom stereocenters. The minimum atomic E-state index is -1.15. The molecule has 1 saturated heterocycles. The molecule has 160 valence electrons. The number of fused-ring (bicyclic) bond motifs is 1. The molecule has 5 amide bonds. The van der Waals surface area contributed by atoms with Crippen molar-refractivity contribution in [3.63, 3.8) is 0 Å². The van der Waals surface area contributed by atoms with Crippen molar-refractivity contribution in [2.24, 2.45) is 5.92 Å². The molecule has 1 spiro atoms. The van der Waals surface area contributed by atoms with Crippen LogP contribution in [0.1, 0.15) is 52.9 Å². The molecule has 8 heteroatoms. The molecular formula is C22H28N4O4. The van der Waals surface area contributed by atoms with Crippen molar-refractivity contribution in [2.75, 3.05) is 16.8 Å². The van der Waals surface area contributed by atoms with Crippen LogP contribution < -0.4 is 15.5 Å². The number of rotatable bonds is 3. The van der Waals surface area contributed by atoms with Gasteiger partial charge in [-0.2, -0.15) is 0 Å². The predicted molar refractivity (Wildman–Crippen MR) is 112 cm³/mol. The average molecular weight is 412 g/mol. The van der Waals surface area contributed by atoms with Crippen LogP contribution in [0.3, 0.4) is 0 Å². The van der Waals surface area contributed by atoms with Gasteiger partial charge in [0.15, 0.2) is 0 Å². The van der Waals surface area contributed by atoms with Crippen molar-refractivity contribution < 1.29 is 19.2 Å². The molecule has 2 heterocycles. The predicted octanol–water partition coefficient (Wildman–Crippen LogP) is 2.64. The fourth-order valence-corrected chi connectivity index (χ4v) is 4.84. The lowest BCUT2D eigenvalue weighted by molar-refractivity contribution is -0.136. The van der Waals surface area contributed by atoms with Crippen LogP contribution in [-0.4, -0.2) is 46.3 Å². The Kier molecular flexibility index (Phi) is 4.83. The Morgan fingerprint density at radius 2 is 1.80 bits per heavy atom. The first kappa shape index (κ1) is 20.4. The number of imide groups is 1. The molecule has 1 aromatic rings. The lowest BCUT2D eigenvalue weighted by Crippen LogP contribution is -2.60. The maximum absolute atomic E-state index is 13.3. The van der Waals surface area contributed by atoms with Gasteiger partial charge < -0.3 is 10.6 Å². The number of amides is 5. The molecule has 3 aliphatic rings. The van der Waals surface area contributed by atoms with Crippen LogP contribution in [0.4, 0.5) is 16.2 Å². The Hall–Kier alpha value is -2.90. The molecule has 8 nitrogen and oxygen atoms in total. The smallest absolute Gasteiger partial charge is 0.323 e. The minimum Gasteiger partial charge on any atom is -0.323 e. The van der Waals surface area contributed by atoms with Gasteiger partial charge in [-0.05, 0) is 57.6 Å². The van der Waals surface area contributed by atoms with Gasteiger partial charge in [-0.3, -0.25) is 24.2 Å². The largest absolute Gasteiger partial charge is 0.325 e. The Morgan fingerprint density at radius 1 is 1.13 bits per heavy atom. The zero-order valence-electron chi connectivity index (χ0n) is 17.7. The molecular weight excluding hydrogens is 384 g/mol. The first-order valence-corrected chi connectivity index (χ1v) is 10.6. The highest BCUT2D eigenvalue weighted by Gasteiger charge is 2.53. The van der Waals surface area contributed by atoms with E-state index in [4.69, 9.17) is 0 Å². The molecule has 2 fully saturated rings. The average Bonchev–Trinajstić information content (AvgIpc) is 2.93. The topological polar surface area (TPSA) is 98.8 Å². The second-order valence-corrected chi connectivity index (χ2v) is 9.01. The molecule has 1 aromatic carbocycles. The molecule has 0 aromatic heterocycles. The molecule has 0 bridgehead atoms. The van der Waals surface area contributed by atoms with E-state index in [-0.39, 0.29) is 11.8 Å². The van der Waals surface area contributed by atoms with E-state index in [1.54, 1.807) is 38.1 Å². The van der Waals surface area contributed by atoms with E-state index in [9.17, 15) is 19.2 Å². The summed E-state index contributed by atoms with van der Waals surface area (Å²) in [5.41, 5.74) is -0.962. The Morgan fingerprint density at radius 3 is 2.47 bits per heavy atom. The Balaban J connectivity index is 1.57. The van der Waals surface area contributed by atoms with Gasteiger partial charge in [0.25, 0.3) is 5.91 Å². The Labute approximate surface area is 176 Å². The van der Waals surface area contributed by atoms with Gasteiger partial charge >= 0.3 is 6.03 Å². The van der Waals surface area contributed by atoms with Crippen molar-refractivity contribution in [2.45, 2.75) is 64.0 Å². The number of anilines is 2. The van der Waals surface area contributed by atoms with Crippen LogP contribution in [-0.2, 0) is 14.4 Å². The first-order chi connectivity index (χ1) is 14.2. The van der Waals surface area contributed by atoms with E-state index in [0.717, 1.165) is 24.2 Å². The summed E-state index contributed by atoms with van der Waals surface area (Å²) >= 11 is 0. The molecule has 2 aliphatic heterocycles. The number of nitrogens with zero attached hydrogens (tertiary/aromatic N) is 2. The van der Waals surface area contributed by atoms with Gasteiger partial charge in [0.05, 0.1) is 11.4 Å². The number of hydrogen-bond donors (Lipinski definition) is 2. The number of hydrogen-bond acceptors (Lipinski definition) is 4. The zero-order chi connectivity index (χ0) is 21.7. The van der Waals surface area contributed by atoms with Crippen molar-refractivity contribution in [3.05, 3.63) is 24.3 Å². The van der Waals surface area contributed by atoms with E-state index in [2.05, 4.69) is 17.6 Å². The van der Waals surface area contributed by atoms with Crippen molar-refractivity contribution >= 4 is 35.1 Å². The van der Waals surface area contributed by atoms with E-state index in [1.165, 1.54) is 4.90 Å². The highest BCUT2D eigenvalue weighted by Crippen LogP contribution is 2.39. The summed E-state index contributed by atoms with van der Waals surface area (Å²) in [6.07, 6.45) is 4.03. The minimum absolute atomic E-state index is 0.318. The number of nitrogens with one attached hydrogen (secondary N) is 2. The van der Waals surface area contributed by atoms with Gasteiger partial charge in [0, 0.05) is 0 Å². The lowest BCUT2D eigenvalue weighted by Gasteiger charge is -2.42. The summed E-state index contributed by atoms with van der Waals surface area (Å²) in [7, 11) is 0. The lowest BCUT2D eigenvalue weighted by atomic mass is 9.75. The fourth-order valence-electron chi connectivity index (χ4n) is 4.84. The van der Waals surface area contributed by atoms with Crippen molar-refractivity contribution in [3.8, 4) is 0 Å². The second kappa shape index (κ2) is 7.11. The molecule has 0 atom stereocenters. The second-order valence-electron chi connectivity index (χ2n) is 9.01. The SMILES string of the molecule is CCC1CCC2(CC1)NC(=O)N(CC(=O)N1c3ccccc3NC(=O)C1(C)C)C2=O. The monoisotopic (exact) mass is 412 g/mol. The summed E-state index contributed by atoms with van der Waals surface area (Å²) in [6.45, 7) is 5.04. The van der Waals surface area contributed by atoms with Crippen LogP contribution in [0.25, 0.3) is 0 Å². The maximum Gasteiger partial charge on any atom is 0.325 e. The van der Waals surface area contributed by atoms with Gasteiger partial charge in [0.2, 0.25) is 11.8 Å². The molecule has 4 rings (SSSR count). The number of carbonyl (C=O) groups is 4. The van der Waals surface area contributed by atoms with E-state index < -0.39 is 29.6 Å². The van der Waals surface area contributed by atoms with Gasteiger partial charge in [0.1, 0.15) is 17.6 Å². The van der Waals surface area contributed by atoms with Gasteiger partial charge in [-0.25, -0.2) is 4.79 Å². The van der Waals surface area contributed by atoms with Crippen LogP contribution in [0, 0.1) is 5.92 Å². The molecule has 1 aliphatic carbocycles. The van der Waals surface area contributed by atoms with E-state index in [1.807, 2.05) is 0 Å². The zero-order valence-corrected chi connectivity index (χ0v) is 17.7. The van der Waals surface area contributed by atoms with Crippen LogP contribution in [0.2, 0.25) is 0 Å². The van der Waals surface area contributed by atoms with Gasteiger partial charge in [-0.1, -0.05) is 25.5 Å². The molecule has 0 radical (unpaired) electrons. The normalized spacial score (nSPS) is 27.7. The van der Waals surface area contributed by atoms with Crippen LogP contribution in [0.5, 0.6) is 0 Å². The number of para-hydroxylation sites is 2. The third-order valence-electron chi connectivity index (χ3n) is 6.83. The number of benzene rings is 1. The molecule has 1 saturated carbocycles. The quantitative estimate of drug-likeness (QED) is 0.746. The number of carbonyl (C=O) groups excluding carboxylic acids is 4. The Bertz CT molecular complexity index is 917. The third kappa shape index (κ3) is 3.05. The fraction of sp³-hybridized carbons (Fsp3) is 0.545. The van der Waals surface area contributed by atoms with E-state index >= 15 is 0 Å². The highest BCUT2D eigenvalue weighted by atomic mass is 16.2. The summed E-state index contributed by atoms with van der Waals surface area (Å²) in [4.78, 5) is 54.1. The highest BCUT2D eigenvalue weighted by molar-refractivity contribution is 6.16. The standard InChI is InChI=1S/C22H28N4O4/c1-4-14-9-11-22(12-10-14)19(29)25(20(30)24-22)13-17(27)26-16-8-6-5-7-15(16)23-18(28)21(26,2)3/h5-8,14H,4,9-13H2,1-3H3,(H,23,28)(H,24,30). The van der Waals surface area contributed by atoms with Crippen LogP contribution >= 0.6 is 0 Å².